The van der Waals surface area contributed by atoms with Crippen LogP contribution in [0.25, 0.3) is 0 Å². The van der Waals surface area contributed by atoms with Gasteiger partial charge in [-0.2, -0.15) is 0 Å². The van der Waals surface area contributed by atoms with Crippen molar-refractivity contribution in [2.24, 2.45) is 5.92 Å². The fraction of sp³-hybridized carbons (Fsp3) is 0.611. The maximum absolute atomic E-state index is 12.4. The highest BCUT2D eigenvalue weighted by molar-refractivity contribution is 9.10. The lowest BCUT2D eigenvalue weighted by Crippen LogP contribution is -2.44. The SMILES string of the molecule is O=C(NCC1CCCO1)C1CCCN(Cc2ccc(Br)cc2)C1. The van der Waals surface area contributed by atoms with Crippen LogP contribution in [-0.2, 0) is 16.1 Å². The van der Waals surface area contributed by atoms with E-state index in [9.17, 15) is 4.79 Å². The van der Waals surface area contributed by atoms with Crippen LogP contribution in [0.3, 0.4) is 0 Å². The van der Waals surface area contributed by atoms with Crippen LogP contribution >= 0.6 is 15.9 Å². The molecule has 0 aromatic heterocycles. The van der Waals surface area contributed by atoms with Crippen LogP contribution in [0.15, 0.2) is 28.7 Å². The Kier molecular flexibility index (Phi) is 6.08. The number of amides is 1. The molecule has 2 unspecified atom stereocenters. The van der Waals surface area contributed by atoms with Crippen molar-refractivity contribution in [1.29, 1.82) is 0 Å². The largest absolute Gasteiger partial charge is 0.376 e. The zero-order valence-electron chi connectivity index (χ0n) is 13.5. The summed E-state index contributed by atoms with van der Waals surface area (Å²) >= 11 is 3.47. The molecule has 5 heteroatoms. The molecular formula is C18H25BrN2O2. The molecule has 4 nitrogen and oxygen atoms in total. The van der Waals surface area contributed by atoms with Crippen LogP contribution in [-0.4, -0.2) is 43.2 Å². The second-order valence-electron chi connectivity index (χ2n) is 6.58. The molecule has 2 aliphatic heterocycles. The Hall–Kier alpha value is -0.910. The van der Waals surface area contributed by atoms with E-state index in [0.29, 0.717) is 6.54 Å². The van der Waals surface area contributed by atoms with E-state index >= 15 is 0 Å². The normalized spacial score (nSPS) is 25.4. The molecule has 3 rings (SSSR count). The number of piperidine rings is 1. The van der Waals surface area contributed by atoms with Crippen molar-refractivity contribution in [2.45, 2.75) is 38.3 Å². The van der Waals surface area contributed by atoms with Crippen LogP contribution in [0.2, 0.25) is 0 Å². The first kappa shape index (κ1) is 16.9. The molecule has 2 aliphatic rings. The molecule has 1 N–H and O–H groups in total. The number of carbonyl (C=O) groups excluding carboxylic acids is 1. The lowest BCUT2D eigenvalue weighted by Gasteiger charge is -2.32. The van der Waals surface area contributed by atoms with Crippen molar-refractivity contribution in [3.63, 3.8) is 0 Å². The number of nitrogens with zero attached hydrogens (tertiary/aromatic N) is 1. The molecule has 1 amide bonds. The van der Waals surface area contributed by atoms with Gasteiger partial charge in [-0.3, -0.25) is 9.69 Å². The minimum Gasteiger partial charge on any atom is -0.376 e. The van der Waals surface area contributed by atoms with Crippen molar-refractivity contribution in [1.82, 2.24) is 10.2 Å². The molecule has 0 radical (unpaired) electrons. The molecule has 2 saturated heterocycles. The van der Waals surface area contributed by atoms with Gasteiger partial charge in [0.25, 0.3) is 0 Å². The van der Waals surface area contributed by atoms with Crippen LogP contribution in [0.5, 0.6) is 0 Å². The predicted octanol–water partition coefficient (Wildman–Crippen LogP) is 2.96. The van der Waals surface area contributed by atoms with Gasteiger partial charge < -0.3 is 10.1 Å². The summed E-state index contributed by atoms with van der Waals surface area (Å²) in [7, 11) is 0. The molecule has 0 aliphatic carbocycles. The van der Waals surface area contributed by atoms with Gasteiger partial charge in [-0.15, -0.1) is 0 Å². The van der Waals surface area contributed by atoms with Crippen molar-refractivity contribution in [3.8, 4) is 0 Å². The van der Waals surface area contributed by atoms with E-state index in [1.165, 1.54) is 5.56 Å². The van der Waals surface area contributed by atoms with Gasteiger partial charge in [-0.1, -0.05) is 28.1 Å². The molecule has 2 heterocycles. The summed E-state index contributed by atoms with van der Waals surface area (Å²) in [6, 6.07) is 8.44. The molecule has 0 saturated carbocycles. The Morgan fingerprint density at radius 2 is 2.09 bits per heavy atom. The molecule has 2 fully saturated rings. The third-order valence-electron chi connectivity index (χ3n) is 4.72. The maximum Gasteiger partial charge on any atom is 0.224 e. The van der Waals surface area contributed by atoms with E-state index in [1.807, 2.05) is 0 Å². The lowest BCUT2D eigenvalue weighted by molar-refractivity contribution is -0.127. The molecular weight excluding hydrogens is 356 g/mol. The summed E-state index contributed by atoms with van der Waals surface area (Å²) in [6.45, 7) is 4.36. The Labute approximate surface area is 146 Å². The average Bonchev–Trinajstić information content (AvgIpc) is 3.08. The predicted molar refractivity (Wildman–Crippen MR) is 94.1 cm³/mol. The van der Waals surface area contributed by atoms with Crippen LogP contribution in [0.4, 0.5) is 0 Å². The van der Waals surface area contributed by atoms with E-state index in [0.717, 1.165) is 56.4 Å². The Balaban J connectivity index is 1.46. The summed E-state index contributed by atoms with van der Waals surface area (Å²) in [5, 5.41) is 3.09. The minimum absolute atomic E-state index is 0.112. The highest BCUT2D eigenvalue weighted by atomic mass is 79.9. The third kappa shape index (κ3) is 5.03. The van der Waals surface area contributed by atoms with Crippen LogP contribution in [0, 0.1) is 5.92 Å². The summed E-state index contributed by atoms with van der Waals surface area (Å²) in [6.07, 6.45) is 4.50. The van der Waals surface area contributed by atoms with Gasteiger partial charge in [0, 0.05) is 30.7 Å². The smallest absolute Gasteiger partial charge is 0.224 e. The first-order valence-corrected chi connectivity index (χ1v) is 9.36. The molecule has 23 heavy (non-hydrogen) atoms. The van der Waals surface area contributed by atoms with E-state index in [4.69, 9.17) is 4.74 Å². The van der Waals surface area contributed by atoms with Crippen LogP contribution < -0.4 is 5.32 Å². The second-order valence-corrected chi connectivity index (χ2v) is 7.50. The topological polar surface area (TPSA) is 41.6 Å². The summed E-state index contributed by atoms with van der Waals surface area (Å²) in [4.78, 5) is 14.8. The van der Waals surface area contributed by atoms with Crippen molar-refractivity contribution in [3.05, 3.63) is 34.3 Å². The summed E-state index contributed by atoms with van der Waals surface area (Å²) in [5.74, 6) is 0.307. The fourth-order valence-corrected chi connectivity index (χ4v) is 3.69. The van der Waals surface area contributed by atoms with Gasteiger partial charge in [0.15, 0.2) is 0 Å². The molecule has 1 aromatic carbocycles. The lowest BCUT2D eigenvalue weighted by atomic mass is 9.96. The standard InChI is InChI=1S/C18H25BrN2O2/c19-16-7-5-14(6-8-16)12-21-9-1-3-15(13-21)18(22)20-11-17-4-2-10-23-17/h5-8,15,17H,1-4,9-13H2,(H,20,22). The zero-order valence-corrected chi connectivity index (χ0v) is 15.1. The molecule has 0 spiro atoms. The van der Waals surface area contributed by atoms with Crippen molar-refractivity contribution >= 4 is 21.8 Å². The van der Waals surface area contributed by atoms with Crippen molar-refractivity contribution < 1.29 is 9.53 Å². The molecule has 1 aromatic rings. The average molecular weight is 381 g/mol. The maximum atomic E-state index is 12.4. The van der Waals surface area contributed by atoms with Crippen molar-refractivity contribution in [2.75, 3.05) is 26.2 Å². The van der Waals surface area contributed by atoms with Gasteiger partial charge in [-0.05, 0) is 49.9 Å². The monoisotopic (exact) mass is 380 g/mol. The van der Waals surface area contributed by atoms with Gasteiger partial charge in [0.2, 0.25) is 5.91 Å². The van der Waals surface area contributed by atoms with Gasteiger partial charge in [-0.25, -0.2) is 0 Å². The first-order chi connectivity index (χ1) is 11.2. The van der Waals surface area contributed by atoms with Gasteiger partial charge in [0.05, 0.1) is 12.0 Å². The number of hydrogen-bond donors (Lipinski definition) is 1. The quantitative estimate of drug-likeness (QED) is 0.853. The van der Waals surface area contributed by atoms with Crippen LogP contribution in [0.1, 0.15) is 31.2 Å². The van der Waals surface area contributed by atoms with E-state index in [-0.39, 0.29) is 17.9 Å². The Morgan fingerprint density at radius 3 is 2.83 bits per heavy atom. The fourth-order valence-electron chi connectivity index (χ4n) is 3.43. The van der Waals surface area contributed by atoms with E-state index in [1.54, 1.807) is 0 Å². The number of hydrogen-bond acceptors (Lipinski definition) is 3. The second kappa shape index (κ2) is 8.27. The molecule has 0 bridgehead atoms. The van der Waals surface area contributed by atoms with E-state index < -0.39 is 0 Å². The third-order valence-corrected chi connectivity index (χ3v) is 5.25. The number of rotatable bonds is 5. The van der Waals surface area contributed by atoms with Gasteiger partial charge in [0.1, 0.15) is 0 Å². The summed E-state index contributed by atoms with van der Waals surface area (Å²) < 4.78 is 6.67. The number of benzene rings is 1. The van der Waals surface area contributed by atoms with Gasteiger partial charge >= 0.3 is 0 Å². The Bertz CT molecular complexity index is 514. The number of ether oxygens (including phenoxy) is 1. The number of halogens is 1. The Morgan fingerprint density at radius 1 is 1.26 bits per heavy atom. The highest BCUT2D eigenvalue weighted by Crippen LogP contribution is 2.20. The number of carbonyl (C=O) groups is 1. The van der Waals surface area contributed by atoms with E-state index in [2.05, 4.69) is 50.4 Å². The molecule has 126 valence electrons. The summed E-state index contributed by atoms with van der Waals surface area (Å²) in [5.41, 5.74) is 1.30. The highest BCUT2D eigenvalue weighted by Gasteiger charge is 2.26. The first-order valence-electron chi connectivity index (χ1n) is 8.57. The zero-order chi connectivity index (χ0) is 16.1. The number of likely N-dealkylation sites (tertiary alicyclic amines) is 1. The number of nitrogens with one attached hydrogen (secondary N) is 1. The molecule has 2 atom stereocenters. The minimum atomic E-state index is 0.112.